The summed E-state index contributed by atoms with van der Waals surface area (Å²) in [5, 5.41) is 3.47. The molecule has 0 saturated heterocycles. The van der Waals surface area contributed by atoms with Gasteiger partial charge in [0.15, 0.2) is 0 Å². The maximum Gasteiger partial charge on any atom is 0.213 e. The number of benzene rings is 1. The zero-order chi connectivity index (χ0) is 15.9. The number of ether oxygens (including phenoxy) is 1. The molecule has 5 heteroatoms. The highest BCUT2D eigenvalue weighted by molar-refractivity contribution is 7.84. The molecule has 2 rings (SSSR count). The molecular formula is C17H22N2O2S. The van der Waals surface area contributed by atoms with Gasteiger partial charge in [-0.2, -0.15) is 0 Å². The molecular weight excluding hydrogens is 296 g/mol. The van der Waals surface area contributed by atoms with Crippen LogP contribution in [0.15, 0.2) is 47.5 Å². The lowest BCUT2D eigenvalue weighted by Gasteiger charge is -2.15. The van der Waals surface area contributed by atoms with Crippen molar-refractivity contribution in [2.75, 3.05) is 12.9 Å². The van der Waals surface area contributed by atoms with Crippen molar-refractivity contribution in [2.24, 2.45) is 0 Å². The summed E-state index contributed by atoms with van der Waals surface area (Å²) in [6.07, 6.45) is 3.45. The molecule has 4 nitrogen and oxygen atoms in total. The van der Waals surface area contributed by atoms with Crippen molar-refractivity contribution in [1.82, 2.24) is 10.3 Å². The van der Waals surface area contributed by atoms with Crippen LogP contribution in [0.5, 0.6) is 5.88 Å². The molecule has 1 aromatic heterocycles. The zero-order valence-electron chi connectivity index (χ0n) is 13.2. The SMILES string of the molecule is CCOc1cc(CN[C@@H](C)c2ccc([S@@](C)=O)cc2)ccn1. The molecule has 0 spiro atoms. The Bertz CT molecular complexity index is 629. The Kier molecular flexibility index (Phi) is 6.10. The first-order chi connectivity index (χ1) is 10.6. The molecule has 0 fully saturated rings. The maximum absolute atomic E-state index is 11.4. The Hall–Kier alpha value is -1.72. The van der Waals surface area contributed by atoms with Crippen molar-refractivity contribution >= 4 is 10.8 Å². The van der Waals surface area contributed by atoms with Crippen molar-refractivity contribution in [2.45, 2.75) is 31.3 Å². The lowest BCUT2D eigenvalue weighted by Crippen LogP contribution is -2.18. The summed E-state index contributed by atoms with van der Waals surface area (Å²) >= 11 is 0. The largest absolute Gasteiger partial charge is 0.478 e. The number of rotatable bonds is 7. The average molecular weight is 318 g/mol. The molecule has 0 aliphatic rings. The zero-order valence-corrected chi connectivity index (χ0v) is 14.0. The molecule has 0 bridgehead atoms. The van der Waals surface area contributed by atoms with Crippen LogP contribution in [-0.2, 0) is 17.3 Å². The van der Waals surface area contributed by atoms with Crippen LogP contribution in [0, 0.1) is 0 Å². The van der Waals surface area contributed by atoms with Crippen molar-refractivity contribution in [3.63, 3.8) is 0 Å². The molecule has 1 heterocycles. The van der Waals surface area contributed by atoms with E-state index in [-0.39, 0.29) is 6.04 Å². The van der Waals surface area contributed by atoms with E-state index >= 15 is 0 Å². The maximum atomic E-state index is 11.4. The lowest BCUT2D eigenvalue weighted by atomic mass is 10.1. The van der Waals surface area contributed by atoms with E-state index in [2.05, 4.69) is 17.2 Å². The van der Waals surface area contributed by atoms with Gasteiger partial charge in [-0.1, -0.05) is 12.1 Å². The van der Waals surface area contributed by atoms with Crippen LogP contribution in [0.3, 0.4) is 0 Å². The average Bonchev–Trinajstić information content (AvgIpc) is 2.53. The number of nitrogens with zero attached hydrogens (tertiary/aromatic N) is 1. The summed E-state index contributed by atoms with van der Waals surface area (Å²) in [5.41, 5.74) is 2.31. The van der Waals surface area contributed by atoms with E-state index in [1.165, 1.54) is 5.56 Å². The topological polar surface area (TPSA) is 51.2 Å². The Morgan fingerprint density at radius 3 is 2.64 bits per heavy atom. The first-order valence-electron chi connectivity index (χ1n) is 7.34. The quantitative estimate of drug-likeness (QED) is 0.852. The van der Waals surface area contributed by atoms with E-state index in [9.17, 15) is 4.21 Å². The molecule has 0 radical (unpaired) electrons. The number of aromatic nitrogens is 1. The van der Waals surface area contributed by atoms with Crippen LogP contribution in [0.4, 0.5) is 0 Å². The fourth-order valence-corrected chi connectivity index (χ4v) is 2.64. The van der Waals surface area contributed by atoms with Gasteiger partial charge in [0.05, 0.1) is 6.61 Å². The van der Waals surface area contributed by atoms with E-state index in [0.717, 1.165) is 17.0 Å². The van der Waals surface area contributed by atoms with Crippen molar-refractivity contribution < 1.29 is 8.95 Å². The van der Waals surface area contributed by atoms with E-state index < -0.39 is 10.8 Å². The van der Waals surface area contributed by atoms with Gasteiger partial charge in [-0.05, 0) is 43.2 Å². The van der Waals surface area contributed by atoms with Gasteiger partial charge in [-0.15, -0.1) is 0 Å². The minimum Gasteiger partial charge on any atom is -0.478 e. The van der Waals surface area contributed by atoms with Gasteiger partial charge in [0, 0.05) is 46.8 Å². The molecule has 118 valence electrons. The summed E-state index contributed by atoms with van der Waals surface area (Å²) in [7, 11) is -0.930. The van der Waals surface area contributed by atoms with Gasteiger partial charge >= 0.3 is 0 Å². The summed E-state index contributed by atoms with van der Waals surface area (Å²) in [4.78, 5) is 5.01. The molecule has 0 saturated carbocycles. The predicted octanol–water partition coefficient (Wildman–Crippen LogP) is 3.07. The molecule has 1 N–H and O–H groups in total. The van der Waals surface area contributed by atoms with Crippen LogP contribution in [0.25, 0.3) is 0 Å². The van der Waals surface area contributed by atoms with Crippen molar-refractivity contribution in [3.8, 4) is 5.88 Å². The Balaban J connectivity index is 1.95. The Morgan fingerprint density at radius 1 is 1.27 bits per heavy atom. The number of hydrogen-bond donors (Lipinski definition) is 1. The molecule has 0 aliphatic heterocycles. The lowest BCUT2D eigenvalue weighted by molar-refractivity contribution is 0.326. The molecule has 0 aliphatic carbocycles. The van der Waals surface area contributed by atoms with Crippen LogP contribution < -0.4 is 10.1 Å². The van der Waals surface area contributed by atoms with E-state index in [0.29, 0.717) is 12.5 Å². The van der Waals surface area contributed by atoms with Gasteiger partial charge in [0.2, 0.25) is 5.88 Å². The number of nitrogens with one attached hydrogen (secondary N) is 1. The summed E-state index contributed by atoms with van der Waals surface area (Å²) in [6, 6.07) is 12.0. The smallest absolute Gasteiger partial charge is 0.213 e. The third kappa shape index (κ3) is 4.64. The highest BCUT2D eigenvalue weighted by atomic mass is 32.2. The highest BCUT2D eigenvalue weighted by Crippen LogP contribution is 2.16. The third-order valence-electron chi connectivity index (χ3n) is 3.42. The molecule has 22 heavy (non-hydrogen) atoms. The van der Waals surface area contributed by atoms with Gasteiger partial charge in [0.1, 0.15) is 0 Å². The third-order valence-corrected chi connectivity index (χ3v) is 4.35. The van der Waals surface area contributed by atoms with Crippen molar-refractivity contribution in [1.29, 1.82) is 0 Å². The van der Waals surface area contributed by atoms with Gasteiger partial charge in [-0.3, -0.25) is 4.21 Å². The minimum atomic E-state index is -0.930. The van der Waals surface area contributed by atoms with Gasteiger partial charge in [0.25, 0.3) is 0 Å². The summed E-state index contributed by atoms with van der Waals surface area (Å²) in [5.74, 6) is 0.657. The molecule has 0 unspecified atom stereocenters. The highest BCUT2D eigenvalue weighted by Gasteiger charge is 2.06. The minimum absolute atomic E-state index is 0.211. The molecule has 2 atom stereocenters. The first-order valence-corrected chi connectivity index (χ1v) is 8.90. The van der Waals surface area contributed by atoms with Crippen LogP contribution in [-0.4, -0.2) is 22.1 Å². The van der Waals surface area contributed by atoms with Crippen LogP contribution >= 0.6 is 0 Å². The molecule has 2 aromatic rings. The van der Waals surface area contributed by atoms with Crippen LogP contribution in [0.2, 0.25) is 0 Å². The Labute approximate surface area is 134 Å². The Morgan fingerprint density at radius 2 is 2.00 bits per heavy atom. The molecule has 1 aromatic carbocycles. The monoisotopic (exact) mass is 318 g/mol. The van der Waals surface area contributed by atoms with Crippen molar-refractivity contribution in [3.05, 3.63) is 53.7 Å². The fourth-order valence-electron chi connectivity index (χ4n) is 2.12. The number of pyridine rings is 1. The van der Waals surface area contributed by atoms with E-state index in [4.69, 9.17) is 4.74 Å². The second-order valence-corrected chi connectivity index (χ2v) is 6.44. The second-order valence-electron chi connectivity index (χ2n) is 5.06. The standard InChI is InChI=1S/C17H22N2O2S/c1-4-21-17-11-14(9-10-18-17)12-19-13(2)15-5-7-16(8-6-15)22(3)20/h5-11,13,19H,4,12H2,1-3H3/t13-,22+/m0/s1. The fraction of sp³-hybridized carbons (Fsp3) is 0.353. The van der Waals surface area contributed by atoms with Gasteiger partial charge < -0.3 is 10.1 Å². The summed E-state index contributed by atoms with van der Waals surface area (Å²) in [6.45, 7) is 5.42. The first kappa shape index (κ1) is 16.6. The summed E-state index contributed by atoms with van der Waals surface area (Å²) < 4.78 is 16.8. The van der Waals surface area contributed by atoms with Gasteiger partial charge in [-0.25, -0.2) is 4.98 Å². The normalized spacial score (nSPS) is 13.6. The second kappa shape index (κ2) is 8.06. The van der Waals surface area contributed by atoms with E-state index in [1.807, 2.05) is 43.3 Å². The van der Waals surface area contributed by atoms with Crippen LogP contribution in [0.1, 0.15) is 31.0 Å². The molecule has 0 amide bonds. The van der Waals surface area contributed by atoms with E-state index in [1.54, 1.807) is 12.5 Å². The predicted molar refractivity (Wildman–Crippen MR) is 89.4 cm³/mol. The number of hydrogen-bond acceptors (Lipinski definition) is 4.